The van der Waals surface area contributed by atoms with E-state index in [0.29, 0.717) is 11.8 Å². The molecule has 3 heteroatoms. The Morgan fingerprint density at radius 3 is 2.33 bits per heavy atom. The third-order valence-corrected chi connectivity index (χ3v) is 3.97. The molecule has 1 aromatic rings. The third-order valence-electron chi connectivity index (χ3n) is 3.30. The van der Waals surface area contributed by atoms with E-state index >= 15 is 0 Å². The maximum Gasteiger partial charge on any atom is 0.231 e. The number of amides is 1. The Kier molecular flexibility index (Phi) is 5.21. The zero-order valence-electron chi connectivity index (χ0n) is 11.6. The van der Waals surface area contributed by atoms with Crippen LogP contribution in [0.3, 0.4) is 0 Å². The molecule has 1 N–H and O–H groups in total. The van der Waals surface area contributed by atoms with Crippen molar-refractivity contribution in [3.05, 3.63) is 29.8 Å². The molecule has 0 heterocycles. The minimum absolute atomic E-state index is 0.0474. The first-order valence-corrected chi connectivity index (χ1v) is 6.91. The van der Waals surface area contributed by atoms with Crippen molar-refractivity contribution >= 4 is 23.2 Å². The number of carbonyl (C=O) groups excluding carboxylic acids is 1. The Balaban J connectivity index is 2.73. The van der Waals surface area contributed by atoms with Crippen molar-refractivity contribution in [1.29, 1.82) is 0 Å². The Labute approximate surface area is 115 Å². The SMILES string of the molecule is CCC(C)c1ccc(NC(=O)C(C)(C)CCl)cc1. The molecule has 1 atom stereocenters. The molecule has 0 bridgehead atoms. The van der Waals surface area contributed by atoms with Gasteiger partial charge in [-0.2, -0.15) is 0 Å². The van der Waals surface area contributed by atoms with E-state index in [4.69, 9.17) is 11.6 Å². The summed E-state index contributed by atoms with van der Waals surface area (Å²) in [7, 11) is 0. The lowest BCUT2D eigenvalue weighted by Gasteiger charge is -2.20. The van der Waals surface area contributed by atoms with Crippen molar-refractivity contribution in [3.63, 3.8) is 0 Å². The summed E-state index contributed by atoms with van der Waals surface area (Å²) in [6.07, 6.45) is 1.12. The fourth-order valence-electron chi connectivity index (χ4n) is 1.49. The Hall–Kier alpha value is -1.02. The molecular formula is C15H22ClNO. The first kappa shape index (κ1) is 15.0. The topological polar surface area (TPSA) is 29.1 Å². The summed E-state index contributed by atoms with van der Waals surface area (Å²) >= 11 is 5.78. The van der Waals surface area contributed by atoms with Gasteiger partial charge < -0.3 is 5.32 Å². The van der Waals surface area contributed by atoms with Crippen LogP contribution in [-0.4, -0.2) is 11.8 Å². The average Bonchev–Trinajstić information content (AvgIpc) is 2.38. The van der Waals surface area contributed by atoms with Gasteiger partial charge in [0.1, 0.15) is 0 Å². The van der Waals surface area contributed by atoms with Crippen LogP contribution >= 0.6 is 11.6 Å². The van der Waals surface area contributed by atoms with Gasteiger partial charge in [-0.05, 0) is 43.9 Å². The summed E-state index contributed by atoms with van der Waals surface area (Å²) in [5.74, 6) is 0.812. The van der Waals surface area contributed by atoms with Gasteiger partial charge in [0.15, 0.2) is 0 Å². The highest BCUT2D eigenvalue weighted by Gasteiger charge is 2.26. The van der Waals surface area contributed by atoms with Crippen LogP contribution in [0, 0.1) is 5.41 Å². The molecule has 0 aliphatic rings. The highest BCUT2D eigenvalue weighted by Crippen LogP contribution is 2.23. The normalized spacial score (nSPS) is 13.2. The second-order valence-electron chi connectivity index (χ2n) is 5.40. The van der Waals surface area contributed by atoms with Gasteiger partial charge in [0, 0.05) is 11.6 Å². The van der Waals surface area contributed by atoms with Crippen LogP contribution in [0.1, 0.15) is 45.6 Å². The lowest BCUT2D eigenvalue weighted by Crippen LogP contribution is -2.32. The minimum Gasteiger partial charge on any atom is -0.326 e. The third kappa shape index (κ3) is 3.74. The molecule has 1 unspecified atom stereocenters. The number of carbonyl (C=O) groups is 1. The molecule has 100 valence electrons. The van der Waals surface area contributed by atoms with E-state index in [0.717, 1.165) is 12.1 Å². The Morgan fingerprint density at radius 1 is 1.33 bits per heavy atom. The number of rotatable bonds is 5. The lowest BCUT2D eigenvalue weighted by molar-refractivity contribution is -0.122. The van der Waals surface area contributed by atoms with Gasteiger partial charge in [-0.25, -0.2) is 0 Å². The number of hydrogen-bond donors (Lipinski definition) is 1. The molecular weight excluding hydrogens is 246 g/mol. The Bertz CT molecular complexity index is 397. The summed E-state index contributed by atoms with van der Waals surface area (Å²) in [5.41, 5.74) is 1.58. The van der Waals surface area contributed by atoms with E-state index in [1.165, 1.54) is 5.56 Å². The number of anilines is 1. The zero-order chi connectivity index (χ0) is 13.8. The van der Waals surface area contributed by atoms with Gasteiger partial charge in [-0.3, -0.25) is 4.79 Å². The molecule has 0 aliphatic heterocycles. The van der Waals surface area contributed by atoms with E-state index in [1.54, 1.807) is 0 Å². The molecule has 0 spiro atoms. The maximum absolute atomic E-state index is 11.9. The number of alkyl halides is 1. The van der Waals surface area contributed by atoms with Gasteiger partial charge >= 0.3 is 0 Å². The number of hydrogen-bond acceptors (Lipinski definition) is 1. The van der Waals surface area contributed by atoms with Crippen molar-refractivity contribution in [2.24, 2.45) is 5.41 Å². The molecule has 18 heavy (non-hydrogen) atoms. The zero-order valence-corrected chi connectivity index (χ0v) is 12.3. The lowest BCUT2D eigenvalue weighted by atomic mass is 9.95. The van der Waals surface area contributed by atoms with Gasteiger partial charge in [0.25, 0.3) is 0 Å². The smallest absolute Gasteiger partial charge is 0.231 e. The number of nitrogens with one attached hydrogen (secondary N) is 1. The maximum atomic E-state index is 11.9. The molecule has 1 aromatic carbocycles. The number of halogens is 1. The summed E-state index contributed by atoms with van der Waals surface area (Å²) in [6.45, 7) is 8.04. The van der Waals surface area contributed by atoms with Crippen molar-refractivity contribution in [3.8, 4) is 0 Å². The highest BCUT2D eigenvalue weighted by molar-refractivity contribution is 6.20. The summed E-state index contributed by atoms with van der Waals surface area (Å²) in [6, 6.07) is 8.03. The predicted octanol–water partition coefficient (Wildman–Crippen LogP) is 4.40. The van der Waals surface area contributed by atoms with Gasteiger partial charge in [0.2, 0.25) is 5.91 Å². The molecule has 0 saturated carbocycles. The second-order valence-corrected chi connectivity index (χ2v) is 5.67. The second kappa shape index (κ2) is 6.24. The molecule has 1 rings (SSSR count). The van der Waals surface area contributed by atoms with Crippen LogP contribution < -0.4 is 5.32 Å². The fraction of sp³-hybridized carbons (Fsp3) is 0.533. The van der Waals surface area contributed by atoms with Crippen molar-refractivity contribution in [1.82, 2.24) is 0 Å². The first-order valence-electron chi connectivity index (χ1n) is 6.38. The van der Waals surface area contributed by atoms with Crippen LogP contribution in [0.4, 0.5) is 5.69 Å². The van der Waals surface area contributed by atoms with Crippen LogP contribution in [0.5, 0.6) is 0 Å². The minimum atomic E-state index is -0.545. The van der Waals surface area contributed by atoms with E-state index in [-0.39, 0.29) is 5.91 Å². The van der Waals surface area contributed by atoms with Crippen LogP contribution in [0.2, 0.25) is 0 Å². The fourth-order valence-corrected chi connectivity index (χ4v) is 1.61. The quantitative estimate of drug-likeness (QED) is 0.787. The highest BCUT2D eigenvalue weighted by atomic mass is 35.5. The molecule has 0 fully saturated rings. The molecule has 0 radical (unpaired) electrons. The standard InChI is InChI=1S/C15H22ClNO/c1-5-11(2)12-6-8-13(9-7-12)17-14(18)15(3,4)10-16/h6-9,11H,5,10H2,1-4H3,(H,17,18). The van der Waals surface area contributed by atoms with Crippen molar-refractivity contribution in [2.75, 3.05) is 11.2 Å². The molecule has 0 aliphatic carbocycles. The average molecular weight is 268 g/mol. The van der Waals surface area contributed by atoms with Gasteiger partial charge in [-0.15, -0.1) is 11.6 Å². The van der Waals surface area contributed by atoms with Gasteiger partial charge in [-0.1, -0.05) is 26.0 Å². The van der Waals surface area contributed by atoms with E-state index in [2.05, 4.69) is 31.3 Å². The van der Waals surface area contributed by atoms with E-state index in [1.807, 2.05) is 26.0 Å². The van der Waals surface area contributed by atoms with Crippen molar-refractivity contribution < 1.29 is 4.79 Å². The van der Waals surface area contributed by atoms with Crippen LogP contribution in [0.15, 0.2) is 24.3 Å². The largest absolute Gasteiger partial charge is 0.326 e. The predicted molar refractivity (Wildman–Crippen MR) is 78.3 cm³/mol. The van der Waals surface area contributed by atoms with E-state index in [9.17, 15) is 4.79 Å². The number of benzene rings is 1. The molecule has 1 amide bonds. The monoisotopic (exact) mass is 267 g/mol. The summed E-state index contributed by atoms with van der Waals surface area (Å²) < 4.78 is 0. The molecule has 2 nitrogen and oxygen atoms in total. The summed E-state index contributed by atoms with van der Waals surface area (Å²) in [5, 5.41) is 2.89. The van der Waals surface area contributed by atoms with Crippen LogP contribution in [0.25, 0.3) is 0 Å². The molecule has 0 saturated heterocycles. The van der Waals surface area contributed by atoms with Crippen molar-refractivity contribution in [2.45, 2.75) is 40.0 Å². The van der Waals surface area contributed by atoms with Crippen LogP contribution in [-0.2, 0) is 4.79 Å². The first-order chi connectivity index (χ1) is 8.40. The Morgan fingerprint density at radius 2 is 1.89 bits per heavy atom. The molecule has 0 aromatic heterocycles. The van der Waals surface area contributed by atoms with Gasteiger partial charge in [0.05, 0.1) is 5.41 Å². The summed E-state index contributed by atoms with van der Waals surface area (Å²) in [4.78, 5) is 11.9. The van der Waals surface area contributed by atoms with E-state index < -0.39 is 5.41 Å².